The van der Waals surface area contributed by atoms with E-state index in [0.717, 1.165) is 31.8 Å². The van der Waals surface area contributed by atoms with Crippen molar-refractivity contribution in [3.8, 4) is 0 Å². The summed E-state index contributed by atoms with van der Waals surface area (Å²) in [5.74, 6) is 1.13. The second kappa shape index (κ2) is 3.96. The lowest BCUT2D eigenvalue weighted by Gasteiger charge is -2.30. The number of tetrazole rings is 1. The number of carbonyl (C=O) groups is 1. The van der Waals surface area contributed by atoms with Crippen molar-refractivity contribution in [3.63, 3.8) is 0 Å². The topological polar surface area (TPSA) is 63.9 Å². The van der Waals surface area contributed by atoms with Gasteiger partial charge in [0.15, 0.2) is 5.82 Å². The number of likely N-dealkylation sites (tertiary alicyclic amines) is 1. The standard InChI is InChI=1S/C9H15N5O/c1-7(15)14-5-3-4-8(6-14)9-10-12-13(2)11-9/h8H,3-6H2,1-2H3. The van der Waals surface area contributed by atoms with Crippen molar-refractivity contribution in [1.82, 2.24) is 25.1 Å². The van der Waals surface area contributed by atoms with Crippen molar-refractivity contribution < 1.29 is 4.79 Å². The minimum absolute atomic E-state index is 0.128. The van der Waals surface area contributed by atoms with Crippen molar-refractivity contribution in [2.24, 2.45) is 7.05 Å². The Kier molecular flexibility index (Phi) is 2.66. The fourth-order valence-corrected chi connectivity index (χ4v) is 1.94. The van der Waals surface area contributed by atoms with Gasteiger partial charge in [0, 0.05) is 25.9 Å². The molecule has 2 rings (SSSR count). The van der Waals surface area contributed by atoms with E-state index in [1.165, 1.54) is 4.80 Å². The summed E-state index contributed by atoms with van der Waals surface area (Å²) in [5.41, 5.74) is 0. The molecule has 1 aliphatic heterocycles. The predicted octanol–water partition coefficient (Wildman–Crippen LogP) is -0.0640. The molecule has 1 amide bonds. The summed E-state index contributed by atoms with van der Waals surface area (Å²) in [6, 6.07) is 0. The van der Waals surface area contributed by atoms with E-state index in [4.69, 9.17) is 0 Å². The Morgan fingerprint density at radius 1 is 1.53 bits per heavy atom. The first-order valence-electron chi connectivity index (χ1n) is 5.16. The van der Waals surface area contributed by atoms with E-state index < -0.39 is 0 Å². The summed E-state index contributed by atoms with van der Waals surface area (Å²) in [5, 5.41) is 12.0. The third kappa shape index (κ3) is 2.14. The van der Waals surface area contributed by atoms with Gasteiger partial charge < -0.3 is 4.90 Å². The van der Waals surface area contributed by atoms with Crippen LogP contribution >= 0.6 is 0 Å². The molecule has 0 radical (unpaired) electrons. The first-order chi connectivity index (χ1) is 7.16. The maximum Gasteiger partial charge on any atom is 0.219 e. The van der Waals surface area contributed by atoms with Crippen LogP contribution in [0.15, 0.2) is 0 Å². The predicted molar refractivity (Wildman–Crippen MR) is 53.0 cm³/mol. The SMILES string of the molecule is CC(=O)N1CCCC(c2nnn(C)n2)C1. The summed E-state index contributed by atoms with van der Waals surface area (Å²) >= 11 is 0. The van der Waals surface area contributed by atoms with E-state index in [1.807, 2.05) is 4.90 Å². The van der Waals surface area contributed by atoms with Crippen molar-refractivity contribution in [1.29, 1.82) is 0 Å². The van der Waals surface area contributed by atoms with Gasteiger partial charge >= 0.3 is 0 Å². The number of carbonyl (C=O) groups excluding carboxylic acids is 1. The Hall–Kier alpha value is -1.46. The van der Waals surface area contributed by atoms with Crippen LogP contribution in [0.3, 0.4) is 0 Å². The molecule has 0 aromatic carbocycles. The lowest BCUT2D eigenvalue weighted by atomic mass is 9.97. The van der Waals surface area contributed by atoms with Gasteiger partial charge in [-0.15, -0.1) is 10.2 Å². The van der Waals surface area contributed by atoms with Crippen LogP contribution in [0.5, 0.6) is 0 Å². The number of rotatable bonds is 1. The molecule has 1 saturated heterocycles. The normalized spacial score (nSPS) is 21.7. The van der Waals surface area contributed by atoms with Gasteiger partial charge in [0.2, 0.25) is 5.91 Å². The molecule has 0 aliphatic carbocycles. The summed E-state index contributed by atoms with van der Waals surface area (Å²) in [6.45, 7) is 3.18. The Balaban J connectivity index is 2.07. The molecule has 1 atom stereocenters. The minimum Gasteiger partial charge on any atom is -0.342 e. The molecule has 0 saturated carbocycles. The zero-order valence-electron chi connectivity index (χ0n) is 9.05. The highest BCUT2D eigenvalue weighted by Gasteiger charge is 2.25. The number of nitrogens with zero attached hydrogens (tertiary/aromatic N) is 5. The van der Waals surface area contributed by atoms with Crippen LogP contribution in [-0.2, 0) is 11.8 Å². The van der Waals surface area contributed by atoms with Crippen LogP contribution in [-0.4, -0.2) is 44.1 Å². The van der Waals surface area contributed by atoms with Crippen LogP contribution in [0.25, 0.3) is 0 Å². The largest absolute Gasteiger partial charge is 0.342 e. The monoisotopic (exact) mass is 209 g/mol. The van der Waals surface area contributed by atoms with Crippen molar-refractivity contribution >= 4 is 5.91 Å². The number of amides is 1. The van der Waals surface area contributed by atoms with Gasteiger partial charge in [-0.25, -0.2) is 0 Å². The Morgan fingerprint density at radius 3 is 2.93 bits per heavy atom. The van der Waals surface area contributed by atoms with Gasteiger partial charge in [-0.2, -0.15) is 4.80 Å². The maximum atomic E-state index is 11.2. The number of hydrogen-bond acceptors (Lipinski definition) is 4. The van der Waals surface area contributed by atoms with Gasteiger partial charge in [-0.05, 0) is 18.1 Å². The Morgan fingerprint density at radius 2 is 2.33 bits per heavy atom. The van der Waals surface area contributed by atoms with Gasteiger partial charge in [-0.1, -0.05) is 0 Å². The molecule has 1 fully saturated rings. The molecule has 82 valence electrons. The quantitative estimate of drug-likeness (QED) is 0.649. The number of piperidine rings is 1. The second-order valence-electron chi connectivity index (χ2n) is 3.94. The first-order valence-corrected chi connectivity index (χ1v) is 5.16. The minimum atomic E-state index is 0.128. The molecule has 2 heterocycles. The Labute approximate surface area is 88.2 Å². The smallest absolute Gasteiger partial charge is 0.219 e. The fraction of sp³-hybridized carbons (Fsp3) is 0.778. The zero-order valence-corrected chi connectivity index (χ0v) is 9.05. The van der Waals surface area contributed by atoms with Crippen LogP contribution in [0.2, 0.25) is 0 Å². The van der Waals surface area contributed by atoms with E-state index in [0.29, 0.717) is 0 Å². The summed E-state index contributed by atoms with van der Waals surface area (Å²) in [4.78, 5) is 14.6. The highest BCUT2D eigenvalue weighted by Crippen LogP contribution is 2.23. The van der Waals surface area contributed by atoms with E-state index in [-0.39, 0.29) is 11.8 Å². The summed E-state index contributed by atoms with van der Waals surface area (Å²) in [7, 11) is 1.75. The van der Waals surface area contributed by atoms with E-state index in [9.17, 15) is 4.79 Å². The van der Waals surface area contributed by atoms with Crippen LogP contribution in [0, 0.1) is 0 Å². The highest BCUT2D eigenvalue weighted by molar-refractivity contribution is 5.73. The molecular weight excluding hydrogens is 194 g/mol. The highest BCUT2D eigenvalue weighted by atomic mass is 16.2. The number of aromatic nitrogens is 4. The van der Waals surface area contributed by atoms with E-state index in [2.05, 4.69) is 15.4 Å². The molecule has 1 aromatic heterocycles. The molecule has 6 nitrogen and oxygen atoms in total. The van der Waals surface area contributed by atoms with Crippen molar-refractivity contribution in [3.05, 3.63) is 5.82 Å². The molecule has 6 heteroatoms. The molecule has 0 spiro atoms. The fourth-order valence-electron chi connectivity index (χ4n) is 1.94. The maximum absolute atomic E-state index is 11.2. The van der Waals surface area contributed by atoms with E-state index in [1.54, 1.807) is 14.0 Å². The lowest BCUT2D eigenvalue weighted by Crippen LogP contribution is -2.37. The van der Waals surface area contributed by atoms with Gasteiger partial charge in [0.25, 0.3) is 0 Å². The molecule has 15 heavy (non-hydrogen) atoms. The molecule has 0 bridgehead atoms. The average molecular weight is 209 g/mol. The average Bonchev–Trinajstić information content (AvgIpc) is 2.65. The van der Waals surface area contributed by atoms with Crippen molar-refractivity contribution in [2.75, 3.05) is 13.1 Å². The van der Waals surface area contributed by atoms with Crippen molar-refractivity contribution in [2.45, 2.75) is 25.7 Å². The molecule has 1 aliphatic rings. The first kappa shape index (κ1) is 10.1. The number of hydrogen-bond donors (Lipinski definition) is 0. The summed E-state index contributed by atoms with van der Waals surface area (Å²) < 4.78 is 0. The third-order valence-electron chi connectivity index (χ3n) is 2.76. The number of aryl methyl sites for hydroxylation is 1. The molecule has 1 unspecified atom stereocenters. The van der Waals surface area contributed by atoms with Gasteiger partial charge in [0.1, 0.15) is 0 Å². The zero-order chi connectivity index (χ0) is 10.8. The third-order valence-corrected chi connectivity index (χ3v) is 2.76. The molecular formula is C9H15N5O. The second-order valence-corrected chi connectivity index (χ2v) is 3.94. The van der Waals surface area contributed by atoms with Crippen LogP contribution in [0.4, 0.5) is 0 Å². The van der Waals surface area contributed by atoms with Gasteiger partial charge in [0.05, 0.1) is 7.05 Å². The van der Waals surface area contributed by atoms with Gasteiger partial charge in [-0.3, -0.25) is 4.79 Å². The van der Waals surface area contributed by atoms with E-state index >= 15 is 0 Å². The Bertz CT molecular complexity index is 361. The van der Waals surface area contributed by atoms with Crippen LogP contribution in [0.1, 0.15) is 31.5 Å². The van der Waals surface area contributed by atoms with Crippen LogP contribution < -0.4 is 0 Å². The molecule has 0 N–H and O–H groups in total. The summed E-state index contributed by atoms with van der Waals surface area (Å²) in [6.07, 6.45) is 2.05. The molecule has 1 aromatic rings. The lowest BCUT2D eigenvalue weighted by molar-refractivity contribution is -0.130.